The number of nitrogens with zero attached hydrogens (tertiary/aromatic N) is 3. The molecular formula is C17H26N4. The Hall–Kier alpha value is -1.97. The summed E-state index contributed by atoms with van der Waals surface area (Å²) in [5, 5.41) is 0. The predicted octanol–water partition coefficient (Wildman–Crippen LogP) is 3.73. The molecule has 0 spiro atoms. The zero-order valence-electron chi connectivity index (χ0n) is 13.7. The van der Waals surface area contributed by atoms with Crippen molar-refractivity contribution >= 4 is 11.5 Å². The largest absolute Gasteiger partial charge is 0.383 e. The lowest BCUT2D eigenvalue weighted by Crippen LogP contribution is -2.09. The molecule has 0 aliphatic heterocycles. The number of aryl methyl sites for hydroxylation is 1. The van der Waals surface area contributed by atoms with Crippen LogP contribution in [-0.4, -0.2) is 23.6 Å². The smallest absolute Gasteiger partial charge is 0.131 e. The molecule has 0 unspecified atom stereocenters. The normalized spacial score (nSPS) is 11.1. The highest BCUT2D eigenvalue weighted by Crippen LogP contribution is 2.30. The van der Waals surface area contributed by atoms with Crippen LogP contribution in [-0.2, 0) is 6.42 Å². The van der Waals surface area contributed by atoms with Crippen LogP contribution in [0.4, 0.5) is 11.5 Å². The van der Waals surface area contributed by atoms with Gasteiger partial charge in [0.05, 0.1) is 0 Å². The maximum Gasteiger partial charge on any atom is 0.131 e. The van der Waals surface area contributed by atoms with Gasteiger partial charge in [0, 0.05) is 37.8 Å². The molecule has 1 aromatic heterocycles. The molecular weight excluding hydrogens is 260 g/mol. The van der Waals surface area contributed by atoms with Crippen molar-refractivity contribution in [3.05, 3.63) is 30.1 Å². The average Bonchev–Trinajstić information content (AvgIpc) is 2.76. The number of hydrogen-bond acceptors (Lipinski definition) is 3. The first-order chi connectivity index (χ1) is 9.95. The van der Waals surface area contributed by atoms with E-state index in [2.05, 4.69) is 54.5 Å². The number of imidazole rings is 1. The molecule has 0 atom stereocenters. The van der Waals surface area contributed by atoms with E-state index in [-0.39, 0.29) is 0 Å². The summed E-state index contributed by atoms with van der Waals surface area (Å²) in [5.41, 5.74) is 9.51. The summed E-state index contributed by atoms with van der Waals surface area (Å²) in [4.78, 5) is 6.88. The Morgan fingerprint density at radius 3 is 2.29 bits per heavy atom. The van der Waals surface area contributed by atoms with Gasteiger partial charge in [-0.05, 0) is 32.4 Å². The molecule has 0 saturated carbocycles. The monoisotopic (exact) mass is 286 g/mol. The first kappa shape index (κ1) is 15.4. The molecule has 2 aromatic rings. The Balaban J connectivity index is 2.46. The second-order valence-electron chi connectivity index (χ2n) is 5.92. The fourth-order valence-electron chi connectivity index (χ4n) is 2.60. The zero-order chi connectivity index (χ0) is 15.6. The lowest BCUT2D eigenvalue weighted by Gasteiger charge is -2.14. The van der Waals surface area contributed by atoms with Crippen LogP contribution in [0.5, 0.6) is 0 Å². The highest BCUT2D eigenvalue weighted by molar-refractivity contribution is 5.72. The van der Waals surface area contributed by atoms with Gasteiger partial charge in [0.25, 0.3) is 0 Å². The van der Waals surface area contributed by atoms with E-state index in [1.807, 2.05) is 14.1 Å². The number of aromatic nitrogens is 2. The lowest BCUT2D eigenvalue weighted by atomic mass is 10.1. The van der Waals surface area contributed by atoms with Crippen LogP contribution in [0.15, 0.2) is 24.3 Å². The minimum Gasteiger partial charge on any atom is -0.383 e. The van der Waals surface area contributed by atoms with Crippen molar-refractivity contribution in [2.75, 3.05) is 24.7 Å². The van der Waals surface area contributed by atoms with Crippen molar-refractivity contribution < 1.29 is 0 Å². The maximum absolute atomic E-state index is 6.36. The summed E-state index contributed by atoms with van der Waals surface area (Å²) in [6, 6.07) is 8.71. The van der Waals surface area contributed by atoms with E-state index in [9.17, 15) is 0 Å². The number of benzene rings is 1. The fraction of sp³-hybridized carbons (Fsp3) is 0.471. The Labute approximate surface area is 127 Å². The molecule has 0 radical (unpaired) electrons. The Kier molecular flexibility index (Phi) is 4.56. The van der Waals surface area contributed by atoms with Gasteiger partial charge in [0.15, 0.2) is 0 Å². The van der Waals surface area contributed by atoms with Gasteiger partial charge in [-0.1, -0.05) is 19.1 Å². The summed E-state index contributed by atoms with van der Waals surface area (Å²) in [5.74, 6) is 1.85. The Bertz CT molecular complexity index is 594. The summed E-state index contributed by atoms with van der Waals surface area (Å²) < 4.78 is 2.15. The SMILES string of the molecule is CCCc1nc(-c2ccc(N(C)C)cc2)c(N)n1C(C)C. The molecule has 0 fully saturated rings. The molecule has 21 heavy (non-hydrogen) atoms. The fourth-order valence-corrected chi connectivity index (χ4v) is 2.60. The average molecular weight is 286 g/mol. The van der Waals surface area contributed by atoms with E-state index in [0.29, 0.717) is 6.04 Å². The van der Waals surface area contributed by atoms with Gasteiger partial charge in [-0.2, -0.15) is 0 Å². The van der Waals surface area contributed by atoms with Crippen molar-refractivity contribution in [2.45, 2.75) is 39.7 Å². The molecule has 4 nitrogen and oxygen atoms in total. The molecule has 0 aliphatic rings. The molecule has 0 bridgehead atoms. The number of hydrogen-bond donors (Lipinski definition) is 1. The third-order valence-electron chi connectivity index (χ3n) is 3.67. The molecule has 2 rings (SSSR count). The van der Waals surface area contributed by atoms with Crippen LogP contribution in [0, 0.1) is 0 Å². The van der Waals surface area contributed by atoms with E-state index in [4.69, 9.17) is 10.7 Å². The van der Waals surface area contributed by atoms with Crippen molar-refractivity contribution in [1.82, 2.24) is 9.55 Å². The highest BCUT2D eigenvalue weighted by Gasteiger charge is 2.17. The van der Waals surface area contributed by atoms with Crippen molar-refractivity contribution in [3.8, 4) is 11.3 Å². The van der Waals surface area contributed by atoms with Crippen molar-refractivity contribution in [1.29, 1.82) is 0 Å². The number of nitrogen functional groups attached to an aromatic ring is 1. The number of anilines is 2. The van der Waals surface area contributed by atoms with Gasteiger partial charge in [-0.25, -0.2) is 4.98 Å². The van der Waals surface area contributed by atoms with E-state index < -0.39 is 0 Å². The Morgan fingerprint density at radius 1 is 1.19 bits per heavy atom. The van der Waals surface area contributed by atoms with Crippen LogP contribution in [0.25, 0.3) is 11.3 Å². The minimum atomic E-state index is 0.328. The van der Waals surface area contributed by atoms with E-state index >= 15 is 0 Å². The first-order valence-electron chi connectivity index (χ1n) is 7.60. The van der Waals surface area contributed by atoms with E-state index in [1.165, 1.54) is 5.69 Å². The van der Waals surface area contributed by atoms with Crippen LogP contribution >= 0.6 is 0 Å². The molecule has 114 valence electrons. The number of nitrogens with two attached hydrogens (primary N) is 1. The maximum atomic E-state index is 6.36. The number of rotatable bonds is 5. The molecule has 4 heteroatoms. The van der Waals surface area contributed by atoms with Gasteiger partial charge in [0.2, 0.25) is 0 Å². The second kappa shape index (κ2) is 6.20. The van der Waals surface area contributed by atoms with Gasteiger partial charge in [0.1, 0.15) is 17.3 Å². The van der Waals surface area contributed by atoms with Crippen molar-refractivity contribution in [2.24, 2.45) is 0 Å². The second-order valence-corrected chi connectivity index (χ2v) is 5.92. The van der Waals surface area contributed by atoms with Crippen LogP contribution in [0.1, 0.15) is 39.1 Å². The Morgan fingerprint density at radius 2 is 1.81 bits per heavy atom. The highest BCUT2D eigenvalue weighted by atomic mass is 15.2. The van der Waals surface area contributed by atoms with Gasteiger partial charge in [-0.3, -0.25) is 0 Å². The molecule has 0 saturated heterocycles. The van der Waals surface area contributed by atoms with Gasteiger partial charge in [-0.15, -0.1) is 0 Å². The lowest BCUT2D eigenvalue weighted by molar-refractivity contribution is 0.571. The summed E-state index contributed by atoms with van der Waals surface area (Å²) in [6.07, 6.45) is 2.03. The summed E-state index contributed by atoms with van der Waals surface area (Å²) in [7, 11) is 4.08. The summed E-state index contributed by atoms with van der Waals surface area (Å²) in [6.45, 7) is 6.47. The van der Waals surface area contributed by atoms with Gasteiger partial charge >= 0.3 is 0 Å². The minimum absolute atomic E-state index is 0.328. The summed E-state index contributed by atoms with van der Waals surface area (Å²) >= 11 is 0. The molecule has 0 aliphatic carbocycles. The first-order valence-corrected chi connectivity index (χ1v) is 7.60. The molecule has 2 N–H and O–H groups in total. The molecule has 0 amide bonds. The van der Waals surface area contributed by atoms with Crippen LogP contribution in [0.2, 0.25) is 0 Å². The quantitative estimate of drug-likeness (QED) is 0.911. The molecule has 1 aromatic carbocycles. The zero-order valence-corrected chi connectivity index (χ0v) is 13.7. The predicted molar refractivity (Wildman–Crippen MR) is 90.8 cm³/mol. The van der Waals surface area contributed by atoms with Crippen LogP contribution in [0.3, 0.4) is 0 Å². The van der Waals surface area contributed by atoms with Crippen LogP contribution < -0.4 is 10.6 Å². The van der Waals surface area contributed by atoms with E-state index in [1.54, 1.807) is 0 Å². The standard InChI is InChI=1S/C17H26N4/c1-6-7-15-19-16(17(18)21(15)12(2)3)13-8-10-14(11-9-13)20(4)5/h8-12H,6-7,18H2,1-5H3. The van der Waals surface area contributed by atoms with Crippen molar-refractivity contribution in [3.63, 3.8) is 0 Å². The topological polar surface area (TPSA) is 47.1 Å². The van der Waals surface area contributed by atoms with Gasteiger partial charge < -0.3 is 15.2 Å². The third-order valence-corrected chi connectivity index (χ3v) is 3.67. The third kappa shape index (κ3) is 3.04. The van der Waals surface area contributed by atoms with E-state index in [0.717, 1.165) is 35.7 Å². The molecule has 1 heterocycles.